The predicted molar refractivity (Wildman–Crippen MR) is 83.3 cm³/mol. The zero-order valence-corrected chi connectivity index (χ0v) is 13.6. The van der Waals surface area contributed by atoms with E-state index in [2.05, 4.69) is 6.92 Å². The summed E-state index contributed by atoms with van der Waals surface area (Å²) in [5.74, 6) is 0. The molecular formula is C15H18ClNO3S. The van der Waals surface area contributed by atoms with Gasteiger partial charge in [0.05, 0.1) is 12.2 Å². The van der Waals surface area contributed by atoms with Gasteiger partial charge in [0.15, 0.2) is 0 Å². The number of ether oxygens (including phenoxy) is 1. The van der Waals surface area contributed by atoms with Crippen molar-refractivity contribution in [3.05, 3.63) is 30.0 Å². The molecule has 2 aromatic rings. The molecule has 0 spiro atoms. The molecule has 0 amide bonds. The van der Waals surface area contributed by atoms with Crippen LogP contribution in [0.1, 0.15) is 25.5 Å². The summed E-state index contributed by atoms with van der Waals surface area (Å²) in [6.45, 7) is 4.52. The Bertz CT molecular complexity index is 782. The van der Waals surface area contributed by atoms with Crippen LogP contribution in [0, 0.1) is 6.92 Å². The van der Waals surface area contributed by atoms with E-state index in [0.717, 1.165) is 18.4 Å². The highest BCUT2D eigenvalue weighted by Gasteiger charge is 2.27. The summed E-state index contributed by atoms with van der Waals surface area (Å²) in [4.78, 5) is 0.214. The highest BCUT2D eigenvalue weighted by Crippen LogP contribution is 2.33. The Hall–Kier alpha value is -1.04. The van der Waals surface area contributed by atoms with Crippen LogP contribution in [0.4, 0.5) is 0 Å². The Balaban J connectivity index is 2.12. The molecule has 1 aromatic carbocycles. The van der Waals surface area contributed by atoms with E-state index in [-0.39, 0.29) is 17.1 Å². The van der Waals surface area contributed by atoms with Gasteiger partial charge in [-0.1, -0.05) is 18.2 Å². The maximum Gasteiger partial charge on any atom is 0.263 e. The molecule has 1 saturated heterocycles. The van der Waals surface area contributed by atoms with E-state index in [4.69, 9.17) is 15.4 Å². The number of rotatable bonds is 3. The zero-order valence-electron chi connectivity index (χ0n) is 12.0. The normalized spacial score (nSPS) is 23.0. The molecule has 114 valence electrons. The lowest BCUT2D eigenvalue weighted by Gasteiger charge is -2.15. The van der Waals surface area contributed by atoms with Gasteiger partial charge >= 0.3 is 0 Å². The average molecular weight is 328 g/mol. The van der Waals surface area contributed by atoms with E-state index in [0.29, 0.717) is 17.6 Å². The van der Waals surface area contributed by atoms with Crippen LogP contribution in [-0.4, -0.2) is 25.2 Å². The van der Waals surface area contributed by atoms with Gasteiger partial charge in [-0.3, -0.25) is 0 Å². The lowest BCUT2D eigenvalue weighted by molar-refractivity contribution is 0.0461. The van der Waals surface area contributed by atoms with Crippen molar-refractivity contribution in [2.24, 2.45) is 0 Å². The molecule has 0 radical (unpaired) electrons. The second-order valence-corrected chi connectivity index (χ2v) is 8.13. The molecule has 1 aromatic heterocycles. The van der Waals surface area contributed by atoms with Gasteiger partial charge in [0, 0.05) is 33.8 Å². The van der Waals surface area contributed by atoms with Crippen molar-refractivity contribution in [2.45, 2.75) is 50.3 Å². The fourth-order valence-corrected chi connectivity index (χ4v) is 4.65. The summed E-state index contributed by atoms with van der Waals surface area (Å²) in [5, 5.41) is 0.677. The summed E-state index contributed by atoms with van der Waals surface area (Å²) in [5.41, 5.74) is 1.56. The topological polar surface area (TPSA) is 48.3 Å². The Labute approximate surface area is 129 Å². The third-order valence-corrected chi connectivity index (χ3v) is 5.59. The quantitative estimate of drug-likeness (QED) is 0.811. The number of aromatic nitrogens is 1. The van der Waals surface area contributed by atoms with Gasteiger partial charge in [-0.25, -0.2) is 8.42 Å². The lowest BCUT2D eigenvalue weighted by Crippen LogP contribution is -2.17. The fraction of sp³-hybridized carbons (Fsp3) is 0.467. The molecule has 1 fully saturated rings. The molecule has 2 unspecified atom stereocenters. The van der Waals surface area contributed by atoms with Crippen molar-refractivity contribution in [3.8, 4) is 0 Å². The van der Waals surface area contributed by atoms with Crippen LogP contribution in [0.2, 0.25) is 0 Å². The minimum atomic E-state index is -3.77. The van der Waals surface area contributed by atoms with Crippen molar-refractivity contribution in [1.29, 1.82) is 0 Å². The third kappa shape index (κ3) is 2.70. The van der Waals surface area contributed by atoms with Crippen molar-refractivity contribution in [1.82, 2.24) is 4.57 Å². The second kappa shape index (κ2) is 5.30. The van der Waals surface area contributed by atoms with Crippen LogP contribution < -0.4 is 0 Å². The van der Waals surface area contributed by atoms with Gasteiger partial charge < -0.3 is 9.30 Å². The summed E-state index contributed by atoms with van der Waals surface area (Å²) < 4.78 is 31.7. The smallest absolute Gasteiger partial charge is 0.263 e. The average Bonchev–Trinajstić information content (AvgIpc) is 2.92. The first kappa shape index (κ1) is 14.9. The monoisotopic (exact) mass is 327 g/mol. The van der Waals surface area contributed by atoms with E-state index >= 15 is 0 Å². The van der Waals surface area contributed by atoms with Crippen LogP contribution in [0.3, 0.4) is 0 Å². The van der Waals surface area contributed by atoms with Crippen LogP contribution >= 0.6 is 10.7 Å². The summed E-state index contributed by atoms with van der Waals surface area (Å²) >= 11 is 0. The van der Waals surface area contributed by atoms with E-state index in [1.54, 1.807) is 13.0 Å². The maximum absolute atomic E-state index is 11.9. The second-order valence-electron chi connectivity index (χ2n) is 5.63. The first-order valence-electron chi connectivity index (χ1n) is 7.06. The SMILES string of the molecule is Cc1c(S(=O)(=O)Cl)c2ccccc2n1CC1CCC(C)O1. The Kier molecular flexibility index (Phi) is 3.76. The number of halogens is 1. The Morgan fingerprint density at radius 2 is 2.05 bits per heavy atom. The fourth-order valence-electron chi connectivity index (χ4n) is 3.17. The van der Waals surface area contributed by atoms with Gasteiger partial charge in [-0.2, -0.15) is 0 Å². The zero-order chi connectivity index (χ0) is 15.2. The number of para-hydroxylation sites is 1. The van der Waals surface area contributed by atoms with Gasteiger partial charge in [-0.05, 0) is 32.8 Å². The number of hydrogen-bond acceptors (Lipinski definition) is 3. The molecule has 6 heteroatoms. The highest BCUT2D eigenvalue weighted by molar-refractivity contribution is 8.14. The van der Waals surface area contributed by atoms with Crippen molar-refractivity contribution in [2.75, 3.05) is 0 Å². The van der Waals surface area contributed by atoms with Crippen LogP contribution in [0.25, 0.3) is 10.9 Å². The van der Waals surface area contributed by atoms with Crippen molar-refractivity contribution in [3.63, 3.8) is 0 Å². The van der Waals surface area contributed by atoms with E-state index in [1.165, 1.54) is 0 Å². The summed E-state index contributed by atoms with van der Waals surface area (Å²) in [6.07, 6.45) is 2.44. The van der Waals surface area contributed by atoms with E-state index in [1.807, 2.05) is 22.8 Å². The minimum Gasteiger partial charge on any atom is -0.373 e. The third-order valence-electron chi connectivity index (χ3n) is 4.12. The first-order chi connectivity index (χ1) is 9.88. The van der Waals surface area contributed by atoms with Gasteiger partial charge in [-0.15, -0.1) is 0 Å². The molecule has 0 aliphatic carbocycles. The predicted octanol–water partition coefficient (Wildman–Crippen LogP) is 3.44. The van der Waals surface area contributed by atoms with Crippen LogP contribution in [0.15, 0.2) is 29.2 Å². The molecule has 1 aliphatic heterocycles. The Morgan fingerprint density at radius 1 is 1.33 bits per heavy atom. The summed E-state index contributed by atoms with van der Waals surface area (Å²) in [7, 11) is 1.85. The highest BCUT2D eigenvalue weighted by atomic mass is 35.7. The standard InChI is InChI=1S/C15H18ClNO3S/c1-10-7-8-12(20-10)9-17-11(2)15(21(16,18)19)13-5-3-4-6-14(13)17/h3-6,10,12H,7-9H2,1-2H3. The van der Waals surface area contributed by atoms with Gasteiger partial charge in [0.2, 0.25) is 0 Å². The minimum absolute atomic E-state index is 0.125. The Morgan fingerprint density at radius 3 is 2.67 bits per heavy atom. The summed E-state index contributed by atoms with van der Waals surface area (Å²) in [6, 6.07) is 7.45. The molecule has 4 nitrogen and oxygen atoms in total. The molecule has 3 rings (SSSR count). The number of benzene rings is 1. The van der Waals surface area contributed by atoms with Gasteiger partial charge in [0.25, 0.3) is 9.05 Å². The van der Waals surface area contributed by atoms with Gasteiger partial charge in [0.1, 0.15) is 4.90 Å². The molecule has 1 aliphatic rings. The molecule has 0 N–H and O–H groups in total. The van der Waals surface area contributed by atoms with Crippen molar-refractivity contribution < 1.29 is 13.2 Å². The molecule has 2 atom stereocenters. The van der Waals surface area contributed by atoms with Crippen LogP contribution in [0.5, 0.6) is 0 Å². The molecule has 0 bridgehead atoms. The lowest BCUT2D eigenvalue weighted by atomic mass is 10.2. The number of nitrogens with zero attached hydrogens (tertiary/aromatic N) is 1. The number of hydrogen-bond donors (Lipinski definition) is 0. The largest absolute Gasteiger partial charge is 0.373 e. The van der Waals surface area contributed by atoms with E-state index in [9.17, 15) is 8.42 Å². The van der Waals surface area contributed by atoms with Crippen LogP contribution in [-0.2, 0) is 20.3 Å². The molecule has 2 heterocycles. The molecule has 21 heavy (non-hydrogen) atoms. The maximum atomic E-state index is 11.9. The van der Waals surface area contributed by atoms with E-state index < -0.39 is 9.05 Å². The first-order valence-corrected chi connectivity index (χ1v) is 9.37. The molecule has 0 saturated carbocycles. The molecular weight excluding hydrogens is 310 g/mol. The van der Waals surface area contributed by atoms with Crippen molar-refractivity contribution >= 4 is 30.6 Å². The number of fused-ring (bicyclic) bond motifs is 1.